The molecule has 0 aliphatic heterocycles. The minimum atomic E-state index is -0.517. The number of amides is 1. The van der Waals surface area contributed by atoms with Gasteiger partial charge in [0.1, 0.15) is 17.2 Å². The van der Waals surface area contributed by atoms with Crippen LogP contribution >= 0.6 is 0 Å². The number of hydrogen-bond donors (Lipinski definition) is 2. The predicted octanol–water partition coefficient (Wildman–Crippen LogP) is 2.72. The smallest absolute Gasteiger partial charge is 0.413 e. The molecule has 0 aliphatic rings. The number of carbonyl (C=O) groups excluding carboxylic acids is 2. The molecule has 0 unspecified atom stereocenters. The number of unbranched alkanes of at least 4 members (excludes halogenated alkanes) is 2. The Morgan fingerprint density at radius 1 is 1.16 bits per heavy atom. The molecule has 0 saturated heterocycles. The van der Waals surface area contributed by atoms with Gasteiger partial charge in [-0.3, -0.25) is 5.32 Å². The third-order valence-corrected chi connectivity index (χ3v) is 2.20. The molecule has 110 valence electrons. The summed E-state index contributed by atoms with van der Waals surface area (Å²) in [6, 6.07) is 0. The van der Waals surface area contributed by atoms with Gasteiger partial charge in [0.05, 0.1) is 0 Å². The van der Waals surface area contributed by atoms with E-state index in [4.69, 9.17) is 4.74 Å². The van der Waals surface area contributed by atoms with Crippen molar-refractivity contribution in [3.05, 3.63) is 12.4 Å². The Hall–Kier alpha value is -1.52. The number of ketones is 1. The van der Waals surface area contributed by atoms with Crippen molar-refractivity contribution < 1.29 is 14.3 Å². The summed E-state index contributed by atoms with van der Waals surface area (Å²) in [4.78, 5) is 22.1. The van der Waals surface area contributed by atoms with Crippen LogP contribution in [0.2, 0.25) is 0 Å². The Balaban J connectivity index is 3.60. The first-order valence-electron chi connectivity index (χ1n) is 6.63. The lowest BCUT2D eigenvalue weighted by molar-refractivity contribution is -0.117. The van der Waals surface area contributed by atoms with Crippen LogP contribution in [0.15, 0.2) is 12.4 Å². The van der Waals surface area contributed by atoms with E-state index in [-0.39, 0.29) is 5.78 Å². The Morgan fingerprint density at radius 3 is 2.32 bits per heavy atom. The molecule has 0 aliphatic carbocycles. The van der Waals surface area contributed by atoms with Crippen LogP contribution < -0.4 is 10.6 Å². The molecule has 0 aromatic heterocycles. The molecule has 0 aromatic rings. The van der Waals surface area contributed by atoms with Crippen molar-refractivity contribution >= 4 is 11.9 Å². The van der Waals surface area contributed by atoms with Crippen molar-refractivity contribution in [2.75, 3.05) is 6.54 Å². The lowest BCUT2D eigenvalue weighted by Gasteiger charge is -2.20. The first kappa shape index (κ1) is 17.5. The highest BCUT2D eigenvalue weighted by atomic mass is 16.6. The van der Waals surface area contributed by atoms with Crippen LogP contribution in [-0.2, 0) is 9.53 Å². The van der Waals surface area contributed by atoms with Crippen molar-refractivity contribution in [2.45, 2.75) is 59.0 Å². The van der Waals surface area contributed by atoms with Crippen molar-refractivity contribution in [3.63, 3.8) is 0 Å². The summed E-state index contributed by atoms with van der Waals surface area (Å²) in [5.74, 6) is 0.657. The van der Waals surface area contributed by atoms with E-state index in [1.165, 1.54) is 0 Å². The Morgan fingerprint density at radius 2 is 1.79 bits per heavy atom. The second-order valence-corrected chi connectivity index (χ2v) is 5.54. The fourth-order valence-electron chi connectivity index (χ4n) is 1.39. The van der Waals surface area contributed by atoms with Crippen LogP contribution in [0.1, 0.15) is 53.4 Å². The summed E-state index contributed by atoms with van der Waals surface area (Å²) in [6.07, 6.45) is 2.94. The fourth-order valence-corrected chi connectivity index (χ4v) is 1.39. The summed E-state index contributed by atoms with van der Waals surface area (Å²) < 4.78 is 5.09. The molecule has 0 saturated carbocycles. The zero-order valence-electron chi connectivity index (χ0n) is 12.5. The number of rotatable bonds is 8. The molecule has 0 atom stereocenters. The molecule has 5 heteroatoms. The number of ether oxygens (including phenoxy) is 1. The second-order valence-electron chi connectivity index (χ2n) is 5.54. The van der Waals surface area contributed by atoms with Crippen LogP contribution in [0.4, 0.5) is 4.79 Å². The molecular formula is C14H26N2O3. The molecule has 0 bridgehead atoms. The number of alkyl carbamates (subject to hydrolysis) is 1. The quantitative estimate of drug-likeness (QED) is 0.665. The lowest BCUT2D eigenvalue weighted by atomic mass is 10.1. The Labute approximate surface area is 115 Å². The maximum Gasteiger partial charge on any atom is 0.413 e. The van der Waals surface area contributed by atoms with Crippen LogP contribution in [0.5, 0.6) is 0 Å². The van der Waals surface area contributed by atoms with Gasteiger partial charge in [0.25, 0.3) is 0 Å². The number of hydrogen-bond acceptors (Lipinski definition) is 4. The molecule has 2 N–H and O–H groups in total. The van der Waals surface area contributed by atoms with E-state index in [0.29, 0.717) is 18.8 Å². The van der Waals surface area contributed by atoms with Crippen LogP contribution in [0.25, 0.3) is 0 Å². The summed E-state index contributed by atoms with van der Waals surface area (Å²) >= 11 is 0. The molecule has 5 nitrogen and oxygen atoms in total. The fraction of sp³-hybridized carbons (Fsp3) is 0.714. The van der Waals surface area contributed by atoms with E-state index in [9.17, 15) is 9.59 Å². The van der Waals surface area contributed by atoms with Gasteiger partial charge in [0.2, 0.25) is 0 Å². The summed E-state index contributed by atoms with van der Waals surface area (Å²) in [6.45, 7) is 11.4. The summed E-state index contributed by atoms with van der Waals surface area (Å²) in [7, 11) is 0. The second kappa shape index (κ2) is 8.56. The van der Waals surface area contributed by atoms with E-state index in [1.807, 2.05) is 0 Å². The van der Waals surface area contributed by atoms with Gasteiger partial charge < -0.3 is 14.8 Å². The molecular weight excluding hydrogens is 244 g/mol. The highest BCUT2D eigenvalue weighted by molar-refractivity contribution is 5.75. The van der Waals surface area contributed by atoms with E-state index in [2.05, 4.69) is 17.2 Å². The van der Waals surface area contributed by atoms with Crippen molar-refractivity contribution in [1.29, 1.82) is 0 Å². The summed E-state index contributed by atoms with van der Waals surface area (Å²) in [5, 5.41) is 5.52. The third kappa shape index (κ3) is 12.7. The minimum absolute atomic E-state index is 0.226. The van der Waals surface area contributed by atoms with Crippen LogP contribution in [0, 0.1) is 0 Å². The van der Waals surface area contributed by atoms with Crippen molar-refractivity contribution in [3.8, 4) is 0 Å². The molecule has 19 heavy (non-hydrogen) atoms. The maximum atomic E-state index is 11.4. The molecule has 0 heterocycles. The van der Waals surface area contributed by atoms with E-state index >= 15 is 0 Å². The maximum absolute atomic E-state index is 11.4. The average Bonchev–Trinajstić information content (AvgIpc) is 2.19. The monoisotopic (exact) mass is 270 g/mol. The average molecular weight is 270 g/mol. The Bertz CT molecular complexity index is 319. The van der Waals surface area contributed by atoms with Crippen molar-refractivity contribution in [1.82, 2.24) is 10.6 Å². The standard InChI is InChI=1S/C14H26N2O3/c1-11(17)9-7-6-8-10-15-12(2)16-13(18)19-14(3,4)5/h15H,2,6-10H2,1,3-5H3,(H,16,18). The van der Waals surface area contributed by atoms with Crippen molar-refractivity contribution in [2.24, 2.45) is 0 Å². The molecule has 0 radical (unpaired) electrons. The van der Waals surface area contributed by atoms with Crippen LogP contribution in [-0.4, -0.2) is 24.0 Å². The molecule has 0 fully saturated rings. The molecule has 0 spiro atoms. The highest BCUT2D eigenvalue weighted by Gasteiger charge is 2.16. The third-order valence-electron chi connectivity index (χ3n) is 2.20. The highest BCUT2D eigenvalue weighted by Crippen LogP contribution is 2.06. The van der Waals surface area contributed by atoms with Gasteiger partial charge in [-0.25, -0.2) is 4.79 Å². The first-order chi connectivity index (χ1) is 8.70. The van der Waals surface area contributed by atoms with Gasteiger partial charge in [-0.1, -0.05) is 13.0 Å². The van der Waals surface area contributed by atoms with E-state index < -0.39 is 11.7 Å². The largest absolute Gasteiger partial charge is 0.444 e. The van der Waals surface area contributed by atoms with Gasteiger partial charge in [-0.15, -0.1) is 0 Å². The predicted molar refractivity (Wildman–Crippen MR) is 75.7 cm³/mol. The molecule has 0 aromatic carbocycles. The van der Waals surface area contributed by atoms with E-state index in [1.54, 1.807) is 27.7 Å². The summed E-state index contributed by atoms with van der Waals surface area (Å²) in [5.41, 5.74) is -0.517. The lowest BCUT2D eigenvalue weighted by Crippen LogP contribution is -2.36. The van der Waals surface area contributed by atoms with E-state index in [0.717, 1.165) is 19.3 Å². The minimum Gasteiger partial charge on any atom is -0.444 e. The van der Waals surface area contributed by atoms with Gasteiger partial charge >= 0.3 is 6.09 Å². The zero-order valence-corrected chi connectivity index (χ0v) is 12.5. The topological polar surface area (TPSA) is 67.4 Å². The molecule has 1 amide bonds. The van der Waals surface area contributed by atoms with Gasteiger partial charge in [-0.2, -0.15) is 0 Å². The number of carbonyl (C=O) groups is 2. The Kier molecular flexibility index (Phi) is 7.87. The first-order valence-corrected chi connectivity index (χ1v) is 6.63. The SMILES string of the molecule is C=C(NCCCCCC(C)=O)NC(=O)OC(C)(C)C. The van der Waals surface area contributed by atoms with Crippen LogP contribution in [0.3, 0.4) is 0 Å². The number of Topliss-reactive ketones (excluding diaryl/α,β-unsaturated/α-hetero) is 1. The van der Waals surface area contributed by atoms with Gasteiger partial charge in [0.15, 0.2) is 0 Å². The normalized spacial score (nSPS) is 10.7. The number of nitrogens with one attached hydrogen (secondary N) is 2. The van der Waals surface area contributed by atoms with Gasteiger partial charge in [-0.05, 0) is 40.5 Å². The van der Waals surface area contributed by atoms with Gasteiger partial charge in [0, 0.05) is 13.0 Å². The molecule has 0 rings (SSSR count). The zero-order chi connectivity index (χ0) is 14.9.